The number of carbonyl (C=O) groups is 3. The number of imidazole rings is 1. The lowest BCUT2D eigenvalue weighted by atomic mass is 9.70. The van der Waals surface area contributed by atoms with Crippen molar-refractivity contribution in [1.29, 1.82) is 0 Å². The second kappa shape index (κ2) is 9.67. The Bertz CT molecular complexity index is 1440. The number of aromatic amines is 2. The van der Waals surface area contributed by atoms with Gasteiger partial charge in [0.15, 0.2) is 0 Å². The number of hydroxylamine groups is 2. The van der Waals surface area contributed by atoms with Gasteiger partial charge in [-0.05, 0) is 42.9 Å². The molecule has 0 bridgehead atoms. The van der Waals surface area contributed by atoms with Crippen LogP contribution in [0.5, 0.6) is 5.75 Å². The van der Waals surface area contributed by atoms with Gasteiger partial charge in [-0.25, -0.2) is 9.86 Å². The van der Waals surface area contributed by atoms with Crippen LogP contribution in [-0.4, -0.2) is 75.6 Å². The number of rotatable bonds is 8. The molecule has 1 saturated heterocycles. The summed E-state index contributed by atoms with van der Waals surface area (Å²) < 4.78 is 6.76. The number of ether oxygens (including phenoxy) is 1. The van der Waals surface area contributed by atoms with Crippen LogP contribution in [0.3, 0.4) is 0 Å². The molecule has 5 rings (SSSR count). The molecule has 1 aliphatic heterocycles. The van der Waals surface area contributed by atoms with Crippen LogP contribution in [0, 0.1) is 17.8 Å². The van der Waals surface area contributed by atoms with Gasteiger partial charge in [0.05, 0.1) is 20.1 Å². The molecular weight excluding hydrogens is 492 g/mol. The molecule has 2 aromatic heterocycles. The molecule has 4 N–H and O–H groups in total. The first-order valence-corrected chi connectivity index (χ1v) is 12.6. The third-order valence-electron chi connectivity index (χ3n) is 8.32. The molecular formula is C26H32N6O6. The number of fused-ring (bicyclic) bond motifs is 2. The summed E-state index contributed by atoms with van der Waals surface area (Å²) in [7, 11) is 4.32. The Morgan fingerprint density at radius 2 is 2.05 bits per heavy atom. The monoisotopic (exact) mass is 524 g/mol. The number of nitrogens with zero attached hydrogens (tertiary/aromatic N) is 3. The van der Waals surface area contributed by atoms with E-state index in [-0.39, 0.29) is 30.6 Å². The predicted octanol–water partition coefficient (Wildman–Crippen LogP) is 1.10. The first-order valence-electron chi connectivity index (χ1n) is 12.6. The van der Waals surface area contributed by atoms with Crippen molar-refractivity contribution in [1.82, 2.24) is 24.5 Å². The SMILES string of the molecule is COc1cccc2[nH]c(C(=O)N3CC4CCCC4C3(C(N)=O)[C@H](Cn3cc[nH]c3=O)C(=O)N(C)OC)cc12. The molecule has 12 heteroatoms. The summed E-state index contributed by atoms with van der Waals surface area (Å²) in [5.41, 5.74) is 5.02. The number of hydrogen-bond acceptors (Lipinski definition) is 6. The van der Waals surface area contributed by atoms with Crippen molar-refractivity contribution in [2.24, 2.45) is 23.5 Å². The van der Waals surface area contributed by atoms with Crippen LogP contribution in [0.1, 0.15) is 29.8 Å². The summed E-state index contributed by atoms with van der Waals surface area (Å²) in [5.74, 6) is -2.72. The molecule has 2 fully saturated rings. The number of nitrogens with one attached hydrogen (secondary N) is 2. The third kappa shape index (κ3) is 3.78. The van der Waals surface area contributed by atoms with E-state index in [4.69, 9.17) is 15.3 Å². The third-order valence-corrected chi connectivity index (χ3v) is 8.32. The maximum absolute atomic E-state index is 14.2. The molecule has 3 aromatic rings. The molecule has 1 aliphatic carbocycles. The molecule has 0 spiro atoms. The average molecular weight is 525 g/mol. The fourth-order valence-corrected chi connectivity index (χ4v) is 6.58. The highest BCUT2D eigenvalue weighted by molar-refractivity contribution is 6.04. The highest BCUT2D eigenvalue weighted by Crippen LogP contribution is 2.53. The number of likely N-dealkylation sites (tertiary alicyclic amines) is 1. The van der Waals surface area contributed by atoms with E-state index in [0.29, 0.717) is 23.1 Å². The summed E-state index contributed by atoms with van der Waals surface area (Å²) in [6, 6.07) is 7.12. The lowest BCUT2D eigenvalue weighted by molar-refractivity contribution is -0.181. The van der Waals surface area contributed by atoms with E-state index in [2.05, 4.69) is 9.97 Å². The summed E-state index contributed by atoms with van der Waals surface area (Å²) in [6.07, 6.45) is 5.23. The number of nitrogens with two attached hydrogens (primary N) is 1. The van der Waals surface area contributed by atoms with Crippen LogP contribution >= 0.6 is 0 Å². The van der Waals surface area contributed by atoms with Crippen molar-refractivity contribution in [3.8, 4) is 5.75 Å². The maximum Gasteiger partial charge on any atom is 0.325 e. The molecule has 1 aromatic carbocycles. The molecule has 12 nitrogen and oxygen atoms in total. The predicted molar refractivity (Wildman–Crippen MR) is 137 cm³/mol. The number of H-pyrrole nitrogens is 2. The molecule has 1 saturated carbocycles. The standard InChI is InChI=1S/C26H32N6O6/c1-30(38-3)22(33)18(14-31-11-10-28-25(31)36)26(24(27)35)17-7-4-6-15(17)13-32(26)23(34)20-12-16-19(29-20)8-5-9-21(16)37-2/h5,8-12,15,17-18,29H,4,6-7,13-14H2,1-3H3,(H2,27,35)(H,28,36)/t15?,17?,18-,26?/m1/s1. The minimum atomic E-state index is -1.68. The molecule has 3 amide bonds. The first kappa shape index (κ1) is 25.6. The number of primary amides is 1. The minimum Gasteiger partial charge on any atom is -0.496 e. The number of benzene rings is 1. The fraction of sp³-hybridized carbons (Fsp3) is 0.462. The quantitative estimate of drug-likeness (QED) is 0.375. The van der Waals surface area contributed by atoms with E-state index >= 15 is 0 Å². The second-order valence-electron chi connectivity index (χ2n) is 10.00. The van der Waals surface area contributed by atoms with Crippen molar-refractivity contribution >= 4 is 28.6 Å². The minimum absolute atomic E-state index is 0.0172. The van der Waals surface area contributed by atoms with Gasteiger partial charge in [0, 0.05) is 43.4 Å². The Balaban J connectivity index is 1.67. The Kier molecular flexibility index (Phi) is 6.51. The van der Waals surface area contributed by atoms with Crippen molar-refractivity contribution in [2.75, 3.05) is 27.8 Å². The van der Waals surface area contributed by atoms with Crippen molar-refractivity contribution in [2.45, 2.75) is 31.3 Å². The highest BCUT2D eigenvalue weighted by Gasteiger charge is 2.66. The van der Waals surface area contributed by atoms with E-state index in [0.717, 1.165) is 17.9 Å². The zero-order chi connectivity index (χ0) is 27.2. The normalized spacial score (nSPS) is 23.4. The Morgan fingerprint density at radius 1 is 1.26 bits per heavy atom. The summed E-state index contributed by atoms with van der Waals surface area (Å²) in [5, 5.41) is 1.74. The van der Waals surface area contributed by atoms with Crippen molar-refractivity contribution in [3.63, 3.8) is 0 Å². The Morgan fingerprint density at radius 3 is 2.71 bits per heavy atom. The highest BCUT2D eigenvalue weighted by atomic mass is 16.7. The van der Waals surface area contributed by atoms with Gasteiger partial charge in [-0.3, -0.25) is 23.8 Å². The van der Waals surface area contributed by atoms with E-state index < -0.39 is 34.9 Å². The van der Waals surface area contributed by atoms with Gasteiger partial charge in [0.1, 0.15) is 17.0 Å². The summed E-state index contributed by atoms with van der Waals surface area (Å²) in [6.45, 7) is 0.104. The molecule has 3 heterocycles. The van der Waals surface area contributed by atoms with Crippen LogP contribution < -0.4 is 16.2 Å². The largest absolute Gasteiger partial charge is 0.496 e. The number of hydrogen-bond donors (Lipinski definition) is 3. The maximum atomic E-state index is 14.2. The van der Waals surface area contributed by atoms with Gasteiger partial charge in [0.2, 0.25) is 5.91 Å². The lowest BCUT2D eigenvalue weighted by Crippen LogP contribution is -2.67. The number of aromatic nitrogens is 3. The molecule has 3 unspecified atom stereocenters. The molecule has 0 radical (unpaired) electrons. The van der Waals surface area contributed by atoms with Gasteiger partial charge in [-0.1, -0.05) is 12.5 Å². The molecule has 4 atom stereocenters. The van der Waals surface area contributed by atoms with Crippen LogP contribution in [0.25, 0.3) is 10.9 Å². The van der Waals surface area contributed by atoms with E-state index in [9.17, 15) is 19.2 Å². The Labute approximate surface area is 218 Å². The van der Waals surface area contributed by atoms with Crippen LogP contribution in [0.4, 0.5) is 0 Å². The van der Waals surface area contributed by atoms with Gasteiger partial charge in [-0.15, -0.1) is 0 Å². The zero-order valence-corrected chi connectivity index (χ0v) is 21.6. The molecule has 38 heavy (non-hydrogen) atoms. The smallest absolute Gasteiger partial charge is 0.325 e. The number of amides is 3. The van der Waals surface area contributed by atoms with Crippen molar-refractivity contribution < 1.29 is 24.0 Å². The first-order chi connectivity index (χ1) is 18.2. The van der Waals surface area contributed by atoms with Crippen molar-refractivity contribution in [3.05, 3.63) is 52.8 Å². The number of methoxy groups -OCH3 is 1. The van der Waals surface area contributed by atoms with E-state index in [1.165, 1.54) is 36.0 Å². The lowest BCUT2D eigenvalue weighted by Gasteiger charge is -2.45. The fourth-order valence-electron chi connectivity index (χ4n) is 6.58. The van der Waals surface area contributed by atoms with Gasteiger partial charge < -0.3 is 25.3 Å². The average Bonchev–Trinajstić information content (AvgIpc) is 3.69. The second-order valence-corrected chi connectivity index (χ2v) is 10.00. The van der Waals surface area contributed by atoms with Crippen LogP contribution in [0.2, 0.25) is 0 Å². The summed E-state index contributed by atoms with van der Waals surface area (Å²) >= 11 is 0. The van der Waals surface area contributed by atoms with Crippen LogP contribution in [0.15, 0.2) is 41.5 Å². The zero-order valence-electron chi connectivity index (χ0n) is 21.6. The van der Waals surface area contributed by atoms with Gasteiger partial charge in [-0.2, -0.15) is 0 Å². The molecule has 202 valence electrons. The topological polar surface area (TPSA) is 156 Å². The van der Waals surface area contributed by atoms with Gasteiger partial charge in [0.25, 0.3) is 11.8 Å². The van der Waals surface area contributed by atoms with E-state index in [1.54, 1.807) is 19.2 Å². The summed E-state index contributed by atoms with van der Waals surface area (Å²) in [4.78, 5) is 66.5. The molecule has 2 aliphatic rings. The van der Waals surface area contributed by atoms with E-state index in [1.807, 2.05) is 12.1 Å². The van der Waals surface area contributed by atoms with Gasteiger partial charge >= 0.3 is 5.69 Å². The number of carbonyl (C=O) groups excluding carboxylic acids is 3. The Hall–Kier alpha value is -4.06. The van der Waals surface area contributed by atoms with Crippen LogP contribution in [-0.2, 0) is 21.0 Å².